The summed E-state index contributed by atoms with van der Waals surface area (Å²) >= 11 is 7.43. The average Bonchev–Trinajstić information content (AvgIpc) is 2.93. The lowest BCUT2D eigenvalue weighted by molar-refractivity contribution is 0.949. The molecule has 1 saturated heterocycles. The molecular weight excluding hydrogens is 280 g/mol. The highest BCUT2D eigenvalue weighted by molar-refractivity contribution is 7.22. The van der Waals surface area contributed by atoms with Crippen molar-refractivity contribution in [2.45, 2.75) is 12.8 Å². The number of hydrogen-bond acceptors (Lipinski definition) is 4. The summed E-state index contributed by atoms with van der Waals surface area (Å²) in [6, 6.07) is 7.34. The van der Waals surface area contributed by atoms with Gasteiger partial charge in [-0.3, -0.25) is 4.79 Å². The first-order valence-corrected chi connectivity index (χ1v) is 7.31. The van der Waals surface area contributed by atoms with Crippen LogP contribution in [0.3, 0.4) is 0 Å². The lowest BCUT2D eigenvalue weighted by atomic mass is 10.2. The quantitative estimate of drug-likeness (QED) is 0.808. The number of halogens is 1. The van der Waals surface area contributed by atoms with Crippen LogP contribution in [0.25, 0.3) is 10.1 Å². The predicted molar refractivity (Wildman–Crippen MR) is 79.3 cm³/mol. The Morgan fingerprint density at radius 2 is 2.05 bits per heavy atom. The van der Waals surface area contributed by atoms with E-state index in [1.807, 2.05) is 6.07 Å². The molecule has 19 heavy (non-hydrogen) atoms. The molecule has 0 saturated carbocycles. The molecule has 0 spiro atoms. The van der Waals surface area contributed by atoms with Crippen LogP contribution in [0.4, 0.5) is 5.00 Å². The van der Waals surface area contributed by atoms with Gasteiger partial charge in [-0.25, -0.2) is 0 Å². The molecule has 1 aromatic carbocycles. The van der Waals surface area contributed by atoms with Gasteiger partial charge in [-0.2, -0.15) is 5.26 Å². The van der Waals surface area contributed by atoms with Gasteiger partial charge in [-0.05, 0) is 31.0 Å². The van der Waals surface area contributed by atoms with Gasteiger partial charge in [0.05, 0.1) is 0 Å². The zero-order valence-electron chi connectivity index (χ0n) is 10.1. The third-order valence-electron chi connectivity index (χ3n) is 3.34. The van der Waals surface area contributed by atoms with Gasteiger partial charge < -0.3 is 4.90 Å². The average molecular weight is 291 g/mol. The number of hydrogen-bond donors (Lipinski definition) is 0. The van der Waals surface area contributed by atoms with Crippen LogP contribution in [0, 0.1) is 11.3 Å². The minimum atomic E-state index is -0.208. The van der Waals surface area contributed by atoms with Crippen molar-refractivity contribution in [2.75, 3.05) is 18.0 Å². The zero-order chi connectivity index (χ0) is 13.4. The number of nitriles is 1. The Labute approximate surface area is 119 Å². The first-order chi connectivity index (χ1) is 9.20. The smallest absolute Gasteiger partial charge is 0.208 e. The molecule has 1 aliphatic rings. The third-order valence-corrected chi connectivity index (χ3v) is 4.81. The van der Waals surface area contributed by atoms with E-state index < -0.39 is 0 Å². The molecule has 0 atom stereocenters. The summed E-state index contributed by atoms with van der Waals surface area (Å²) in [5.41, 5.74) is 0.0438. The lowest BCUT2D eigenvalue weighted by Crippen LogP contribution is -2.21. The Hall–Kier alpha value is -1.57. The molecule has 3 nitrogen and oxygen atoms in total. The number of benzene rings is 1. The van der Waals surface area contributed by atoms with Crippen LogP contribution >= 0.6 is 22.9 Å². The summed E-state index contributed by atoms with van der Waals surface area (Å²) in [6.45, 7) is 1.84. The third kappa shape index (κ3) is 2.09. The maximum Gasteiger partial charge on any atom is 0.208 e. The fraction of sp³-hybridized carbons (Fsp3) is 0.286. The Morgan fingerprint density at radius 3 is 2.74 bits per heavy atom. The second-order valence-corrected chi connectivity index (χ2v) is 6.02. The summed E-state index contributed by atoms with van der Waals surface area (Å²) in [5, 5.41) is 11.2. The Bertz CT molecular complexity index is 741. The molecular formula is C14H11ClN2OS. The molecule has 0 bridgehead atoms. The topological polar surface area (TPSA) is 44.1 Å². The maximum atomic E-state index is 12.4. The maximum absolute atomic E-state index is 12.4. The number of fused-ring (bicyclic) bond motifs is 1. The monoisotopic (exact) mass is 290 g/mol. The van der Waals surface area contributed by atoms with E-state index >= 15 is 0 Å². The Morgan fingerprint density at radius 1 is 1.32 bits per heavy atom. The molecule has 0 unspecified atom stereocenters. The van der Waals surface area contributed by atoms with E-state index in [4.69, 9.17) is 11.6 Å². The molecule has 3 rings (SSSR count). The van der Waals surface area contributed by atoms with Crippen LogP contribution in [0.2, 0.25) is 5.02 Å². The second-order valence-electron chi connectivity index (χ2n) is 4.56. The second kappa shape index (κ2) is 4.84. The van der Waals surface area contributed by atoms with Gasteiger partial charge in [0.2, 0.25) is 5.43 Å². The first-order valence-electron chi connectivity index (χ1n) is 6.12. The van der Waals surface area contributed by atoms with Gasteiger partial charge in [-0.15, -0.1) is 11.3 Å². The van der Waals surface area contributed by atoms with E-state index in [-0.39, 0.29) is 11.0 Å². The fourth-order valence-corrected chi connectivity index (χ4v) is 3.73. The highest BCUT2D eigenvalue weighted by atomic mass is 35.5. The molecule has 1 aromatic heterocycles. The van der Waals surface area contributed by atoms with Crippen molar-refractivity contribution in [1.82, 2.24) is 0 Å². The van der Waals surface area contributed by atoms with E-state index in [1.54, 1.807) is 12.1 Å². The van der Waals surface area contributed by atoms with Crippen LogP contribution < -0.4 is 10.3 Å². The zero-order valence-corrected chi connectivity index (χ0v) is 11.7. The fourth-order valence-electron chi connectivity index (χ4n) is 2.40. The van der Waals surface area contributed by atoms with Gasteiger partial charge in [0.15, 0.2) is 0 Å². The number of rotatable bonds is 1. The van der Waals surface area contributed by atoms with Crippen LogP contribution in [-0.2, 0) is 0 Å². The molecule has 5 heteroatoms. The normalized spacial score (nSPS) is 14.8. The highest BCUT2D eigenvalue weighted by Crippen LogP contribution is 2.32. The van der Waals surface area contributed by atoms with E-state index in [2.05, 4.69) is 11.0 Å². The molecule has 0 radical (unpaired) electrons. The van der Waals surface area contributed by atoms with Crippen molar-refractivity contribution >= 4 is 38.0 Å². The van der Waals surface area contributed by atoms with Crippen molar-refractivity contribution in [3.05, 3.63) is 39.0 Å². The number of nitrogens with zero attached hydrogens (tertiary/aromatic N) is 2. The minimum absolute atomic E-state index is 0.208. The van der Waals surface area contributed by atoms with Gasteiger partial charge >= 0.3 is 0 Å². The molecule has 1 aliphatic heterocycles. The van der Waals surface area contributed by atoms with Crippen molar-refractivity contribution < 1.29 is 0 Å². The number of anilines is 1. The standard InChI is InChI=1S/C14H11ClN2OS/c15-9-3-4-12-10(7-9)13(18)11(8-16)14(19-12)17-5-1-2-6-17/h3-4,7H,1-2,5-6H2. The van der Waals surface area contributed by atoms with Gasteiger partial charge in [0, 0.05) is 28.2 Å². The van der Waals surface area contributed by atoms with Gasteiger partial charge in [0.25, 0.3) is 0 Å². The van der Waals surface area contributed by atoms with Crippen LogP contribution in [0.1, 0.15) is 18.4 Å². The molecule has 96 valence electrons. The minimum Gasteiger partial charge on any atom is -0.362 e. The van der Waals surface area contributed by atoms with Crippen molar-refractivity contribution in [3.63, 3.8) is 0 Å². The SMILES string of the molecule is N#Cc1c(N2CCCC2)sc2ccc(Cl)cc2c1=O. The molecule has 0 aliphatic carbocycles. The van der Waals surface area contributed by atoms with Crippen molar-refractivity contribution in [2.24, 2.45) is 0 Å². The molecule has 2 aromatic rings. The Kier molecular flexibility index (Phi) is 3.17. The van der Waals surface area contributed by atoms with Crippen LogP contribution in [-0.4, -0.2) is 13.1 Å². The predicted octanol–water partition coefficient (Wildman–Crippen LogP) is 3.39. The highest BCUT2D eigenvalue weighted by Gasteiger charge is 2.20. The first kappa shape index (κ1) is 12.5. The summed E-state index contributed by atoms with van der Waals surface area (Å²) in [7, 11) is 0. The van der Waals surface area contributed by atoms with E-state index in [0.29, 0.717) is 10.4 Å². The summed E-state index contributed by atoms with van der Waals surface area (Å²) < 4.78 is 0.885. The molecule has 0 amide bonds. The summed E-state index contributed by atoms with van der Waals surface area (Å²) in [6.07, 6.45) is 2.23. The van der Waals surface area contributed by atoms with Crippen LogP contribution in [0.5, 0.6) is 0 Å². The van der Waals surface area contributed by atoms with Gasteiger partial charge in [-0.1, -0.05) is 11.6 Å². The molecule has 0 N–H and O–H groups in total. The molecule has 1 fully saturated rings. The Balaban J connectivity index is 2.31. The van der Waals surface area contributed by atoms with Crippen molar-refractivity contribution in [3.8, 4) is 6.07 Å². The summed E-state index contributed by atoms with van der Waals surface area (Å²) in [5.74, 6) is 0. The largest absolute Gasteiger partial charge is 0.362 e. The lowest BCUT2D eigenvalue weighted by Gasteiger charge is -2.18. The van der Waals surface area contributed by atoms with Gasteiger partial charge in [0.1, 0.15) is 16.6 Å². The van der Waals surface area contributed by atoms with E-state index in [9.17, 15) is 10.1 Å². The van der Waals surface area contributed by atoms with Crippen molar-refractivity contribution in [1.29, 1.82) is 5.26 Å². The van der Waals surface area contributed by atoms with E-state index in [1.165, 1.54) is 11.3 Å². The van der Waals surface area contributed by atoms with Crippen LogP contribution in [0.15, 0.2) is 23.0 Å². The summed E-state index contributed by atoms with van der Waals surface area (Å²) in [4.78, 5) is 14.5. The molecule has 2 heterocycles. The van der Waals surface area contributed by atoms with E-state index in [0.717, 1.165) is 35.6 Å².